The van der Waals surface area contributed by atoms with Gasteiger partial charge >= 0.3 is 0 Å². The number of hydrogen-bond acceptors (Lipinski definition) is 0. The Morgan fingerprint density at radius 3 is 2.67 bits per heavy atom. The number of fused-ring (bicyclic) bond motifs is 3. The van der Waals surface area contributed by atoms with Gasteiger partial charge in [-0.2, -0.15) is 0 Å². The van der Waals surface area contributed by atoms with Crippen LogP contribution >= 0.6 is 11.6 Å². The number of nitrogens with one attached hydrogen (secondary N) is 1. The highest BCUT2D eigenvalue weighted by Crippen LogP contribution is 2.31. The highest BCUT2D eigenvalue weighted by Gasteiger charge is 2.09. The van der Waals surface area contributed by atoms with Crippen LogP contribution in [0.5, 0.6) is 0 Å². The van der Waals surface area contributed by atoms with E-state index in [0.717, 1.165) is 12.8 Å². The van der Waals surface area contributed by atoms with Crippen LogP contribution in [0, 0.1) is 0 Å². The first-order valence-electron chi connectivity index (χ1n) is 6.44. The molecule has 2 aromatic carbocycles. The van der Waals surface area contributed by atoms with Crippen molar-refractivity contribution in [1.29, 1.82) is 0 Å². The predicted octanol–water partition coefficient (Wildman–Crippen LogP) is 5.40. The van der Waals surface area contributed by atoms with Crippen LogP contribution in [-0.2, 0) is 0 Å². The molecule has 0 aliphatic carbocycles. The van der Waals surface area contributed by atoms with Crippen molar-refractivity contribution in [2.45, 2.75) is 25.1 Å². The number of aromatic amines is 1. The second-order valence-corrected chi connectivity index (χ2v) is 5.26. The Labute approximate surface area is 112 Å². The highest BCUT2D eigenvalue weighted by atomic mass is 35.5. The summed E-state index contributed by atoms with van der Waals surface area (Å²) in [5.41, 5.74) is 3.59. The standard InChI is InChI=1S/C16H16ClN/c1-2-5-14(17)11-8-9-16-13(10-11)12-6-3-4-7-15(12)18-16/h3-4,6-10,14,18H,2,5H2,1H3. The lowest BCUT2D eigenvalue weighted by Gasteiger charge is -2.08. The normalized spacial score (nSPS) is 13.2. The van der Waals surface area contributed by atoms with Crippen molar-refractivity contribution in [2.75, 3.05) is 0 Å². The molecular weight excluding hydrogens is 242 g/mol. The minimum Gasteiger partial charge on any atom is -0.355 e. The third-order valence-electron chi connectivity index (χ3n) is 3.43. The average molecular weight is 258 g/mol. The fourth-order valence-electron chi connectivity index (χ4n) is 2.48. The molecule has 1 heterocycles. The second kappa shape index (κ2) is 4.66. The highest BCUT2D eigenvalue weighted by molar-refractivity contribution is 6.21. The van der Waals surface area contributed by atoms with E-state index >= 15 is 0 Å². The molecule has 0 radical (unpaired) electrons. The molecule has 0 amide bonds. The van der Waals surface area contributed by atoms with Crippen LogP contribution in [0.2, 0.25) is 0 Å². The summed E-state index contributed by atoms with van der Waals surface area (Å²) in [6, 6.07) is 14.9. The minimum absolute atomic E-state index is 0.119. The molecule has 1 unspecified atom stereocenters. The summed E-state index contributed by atoms with van der Waals surface area (Å²) in [6.45, 7) is 2.17. The van der Waals surface area contributed by atoms with Gasteiger partial charge in [-0.1, -0.05) is 37.6 Å². The zero-order valence-electron chi connectivity index (χ0n) is 10.4. The van der Waals surface area contributed by atoms with E-state index in [2.05, 4.69) is 54.4 Å². The van der Waals surface area contributed by atoms with Crippen LogP contribution < -0.4 is 0 Å². The molecule has 18 heavy (non-hydrogen) atoms. The van der Waals surface area contributed by atoms with Crippen molar-refractivity contribution >= 4 is 33.4 Å². The monoisotopic (exact) mass is 257 g/mol. The van der Waals surface area contributed by atoms with Gasteiger partial charge in [0, 0.05) is 21.8 Å². The molecule has 3 rings (SSSR count). The zero-order chi connectivity index (χ0) is 12.5. The SMILES string of the molecule is CCCC(Cl)c1ccc2[nH]c3ccccc3c2c1. The van der Waals surface area contributed by atoms with Crippen molar-refractivity contribution in [3.05, 3.63) is 48.0 Å². The van der Waals surface area contributed by atoms with Gasteiger partial charge in [-0.3, -0.25) is 0 Å². The molecule has 1 nitrogen and oxygen atoms in total. The van der Waals surface area contributed by atoms with Crippen molar-refractivity contribution in [3.8, 4) is 0 Å². The van der Waals surface area contributed by atoms with Crippen LogP contribution in [0.3, 0.4) is 0 Å². The van der Waals surface area contributed by atoms with Crippen molar-refractivity contribution in [3.63, 3.8) is 0 Å². The van der Waals surface area contributed by atoms with E-state index in [1.807, 2.05) is 0 Å². The summed E-state index contributed by atoms with van der Waals surface area (Å²) in [5.74, 6) is 0. The molecule has 1 atom stereocenters. The largest absolute Gasteiger partial charge is 0.355 e. The summed E-state index contributed by atoms with van der Waals surface area (Å²) in [7, 11) is 0. The number of aromatic nitrogens is 1. The van der Waals surface area contributed by atoms with Gasteiger partial charge in [0.1, 0.15) is 0 Å². The molecule has 0 saturated heterocycles. The molecule has 3 aromatic rings. The van der Waals surface area contributed by atoms with Crippen LogP contribution in [-0.4, -0.2) is 4.98 Å². The van der Waals surface area contributed by atoms with Crippen LogP contribution in [0.1, 0.15) is 30.7 Å². The van der Waals surface area contributed by atoms with Gasteiger partial charge in [-0.15, -0.1) is 11.6 Å². The number of H-pyrrole nitrogens is 1. The van der Waals surface area contributed by atoms with E-state index in [0.29, 0.717) is 0 Å². The van der Waals surface area contributed by atoms with Crippen LogP contribution in [0.4, 0.5) is 0 Å². The molecular formula is C16H16ClN. The Morgan fingerprint density at radius 1 is 1.06 bits per heavy atom. The smallest absolute Gasteiger partial charge is 0.0585 e. The first kappa shape index (κ1) is 11.6. The van der Waals surface area contributed by atoms with Gasteiger partial charge in [0.15, 0.2) is 0 Å². The molecule has 0 fully saturated rings. The van der Waals surface area contributed by atoms with E-state index in [4.69, 9.17) is 11.6 Å². The first-order chi connectivity index (χ1) is 8.79. The zero-order valence-corrected chi connectivity index (χ0v) is 11.2. The van der Waals surface area contributed by atoms with Crippen molar-refractivity contribution in [1.82, 2.24) is 4.98 Å². The number of para-hydroxylation sites is 1. The van der Waals surface area contributed by atoms with Crippen LogP contribution in [0.15, 0.2) is 42.5 Å². The number of hydrogen-bond donors (Lipinski definition) is 1. The van der Waals surface area contributed by atoms with Crippen molar-refractivity contribution < 1.29 is 0 Å². The fraction of sp³-hybridized carbons (Fsp3) is 0.250. The summed E-state index contributed by atoms with van der Waals surface area (Å²) in [4.78, 5) is 3.43. The topological polar surface area (TPSA) is 15.8 Å². The first-order valence-corrected chi connectivity index (χ1v) is 6.87. The van der Waals surface area contributed by atoms with E-state index in [1.165, 1.54) is 27.4 Å². The molecule has 1 aromatic heterocycles. The molecule has 0 bridgehead atoms. The molecule has 0 aliphatic heterocycles. The predicted molar refractivity (Wildman–Crippen MR) is 79.3 cm³/mol. The lowest BCUT2D eigenvalue weighted by molar-refractivity contribution is 0.771. The Morgan fingerprint density at radius 2 is 1.83 bits per heavy atom. The maximum absolute atomic E-state index is 6.41. The lowest BCUT2D eigenvalue weighted by atomic mass is 10.0. The van der Waals surface area contributed by atoms with Gasteiger partial charge in [0.25, 0.3) is 0 Å². The second-order valence-electron chi connectivity index (χ2n) is 4.73. The van der Waals surface area contributed by atoms with Gasteiger partial charge in [0.2, 0.25) is 0 Å². The molecule has 1 N–H and O–H groups in total. The number of benzene rings is 2. The average Bonchev–Trinajstić information content (AvgIpc) is 2.76. The number of rotatable bonds is 3. The van der Waals surface area contributed by atoms with Crippen LogP contribution in [0.25, 0.3) is 21.8 Å². The third kappa shape index (κ3) is 1.89. The van der Waals surface area contributed by atoms with Gasteiger partial charge in [-0.05, 0) is 30.2 Å². The molecule has 2 heteroatoms. The maximum Gasteiger partial charge on any atom is 0.0585 e. The molecule has 0 spiro atoms. The number of halogens is 1. The molecule has 92 valence electrons. The van der Waals surface area contributed by atoms with E-state index in [-0.39, 0.29) is 5.38 Å². The molecule has 0 aliphatic rings. The van der Waals surface area contributed by atoms with E-state index in [9.17, 15) is 0 Å². The summed E-state index contributed by atoms with van der Waals surface area (Å²) < 4.78 is 0. The lowest BCUT2D eigenvalue weighted by Crippen LogP contribution is -1.89. The third-order valence-corrected chi connectivity index (χ3v) is 3.90. The van der Waals surface area contributed by atoms with E-state index < -0.39 is 0 Å². The van der Waals surface area contributed by atoms with Gasteiger partial charge in [-0.25, -0.2) is 0 Å². The number of alkyl halides is 1. The Kier molecular flexibility index (Phi) is 3.00. The Bertz CT molecular complexity index is 684. The van der Waals surface area contributed by atoms with Gasteiger partial charge < -0.3 is 4.98 Å². The summed E-state index contributed by atoms with van der Waals surface area (Å²) in [6.07, 6.45) is 2.13. The van der Waals surface area contributed by atoms with E-state index in [1.54, 1.807) is 0 Å². The summed E-state index contributed by atoms with van der Waals surface area (Å²) >= 11 is 6.41. The molecule has 0 saturated carbocycles. The van der Waals surface area contributed by atoms with Gasteiger partial charge in [0.05, 0.1) is 5.38 Å². The minimum atomic E-state index is 0.119. The summed E-state index contributed by atoms with van der Waals surface area (Å²) in [5, 5.41) is 2.66. The van der Waals surface area contributed by atoms with Crippen molar-refractivity contribution in [2.24, 2.45) is 0 Å². The quantitative estimate of drug-likeness (QED) is 0.605. The Balaban J connectivity index is 2.18. The Hall–Kier alpha value is -1.47. The fourth-order valence-corrected chi connectivity index (χ4v) is 2.83. The maximum atomic E-state index is 6.41.